The lowest BCUT2D eigenvalue weighted by Gasteiger charge is -2.39. The van der Waals surface area contributed by atoms with Crippen LogP contribution >= 0.6 is 15.9 Å². The predicted molar refractivity (Wildman–Crippen MR) is 125 cm³/mol. The lowest BCUT2D eigenvalue weighted by molar-refractivity contribution is -0.198. The van der Waals surface area contributed by atoms with Crippen LogP contribution in [0.3, 0.4) is 0 Å². The summed E-state index contributed by atoms with van der Waals surface area (Å²) in [5.74, 6) is -1.53. The molecule has 1 aromatic heterocycles. The van der Waals surface area contributed by atoms with Gasteiger partial charge >= 0.3 is 18.2 Å². The minimum Gasteiger partial charge on any atom is -0.480 e. The number of aromatic nitrogens is 2. The lowest BCUT2D eigenvalue weighted by atomic mass is 9.76. The summed E-state index contributed by atoms with van der Waals surface area (Å²) in [6, 6.07) is 6.00. The number of alkyl halides is 3. The first-order chi connectivity index (χ1) is 16.9. The second-order valence-corrected chi connectivity index (χ2v) is 9.79. The maximum Gasteiger partial charge on any atom is 0.429 e. The molecule has 1 unspecified atom stereocenters. The summed E-state index contributed by atoms with van der Waals surface area (Å²) in [6.07, 6.45) is -7.17. The minimum atomic E-state index is -4.74. The van der Waals surface area contributed by atoms with Crippen LogP contribution in [0.1, 0.15) is 30.9 Å². The quantitative estimate of drug-likeness (QED) is 0.484. The van der Waals surface area contributed by atoms with Gasteiger partial charge in [0.25, 0.3) is 0 Å². The van der Waals surface area contributed by atoms with Gasteiger partial charge < -0.3 is 25.6 Å². The molecule has 0 radical (unpaired) electrons. The molecule has 2 fully saturated rings. The number of nitrogen functional groups attached to an aromatic ring is 1. The van der Waals surface area contributed by atoms with Gasteiger partial charge in [-0.05, 0) is 30.7 Å². The molecule has 14 heteroatoms. The number of benzene rings is 1. The topological polar surface area (TPSA) is 142 Å². The molecule has 36 heavy (non-hydrogen) atoms. The van der Waals surface area contributed by atoms with E-state index < -0.39 is 35.8 Å². The molecule has 10 nitrogen and oxygen atoms in total. The van der Waals surface area contributed by atoms with Crippen molar-refractivity contribution in [2.45, 2.75) is 37.6 Å². The fraction of sp³-hybridized carbons (Fsp3) is 0.455. The van der Waals surface area contributed by atoms with E-state index in [1.807, 2.05) is 0 Å². The van der Waals surface area contributed by atoms with Gasteiger partial charge in [-0.2, -0.15) is 23.1 Å². The molecule has 2 saturated heterocycles. The summed E-state index contributed by atoms with van der Waals surface area (Å²) in [5, 5.41) is 18.8. The van der Waals surface area contributed by atoms with Crippen molar-refractivity contribution in [2.24, 2.45) is 5.41 Å². The summed E-state index contributed by atoms with van der Waals surface area (Å²) in [5.41, 5.74) is 5.15. The van der Waals surface area contributed by atoms with E-state index in [4.69, 9.17) is 10.5 Å². The van der Waals surface area contributed by atoms with Gasteiger partial charge in [-0.15, -0.1) is 0 Å². The number of rotatable bonds is 5. The highest BCUT2D eigenvalue weighted by molar-refractivity contribution is 9.10. The molecular weight excluding hydrogens is 551 g/mol. The van der Waals surface area contributed by atoms with Gasteiger partial charge in [0.05, 0.1) is 0 Å². The average molecular weight is 574 g/mol. The van der Waals surface area contributed by atoms with Gasteiger partial charge in [-0.3, -0.25) is 4.90 Å². The highest BCUT2D eigenvalue weighted by atomic mass is 79.9. The van der Waals surface area contributed by atoms with Crippen LogP contribution in [0.2, 0.25) is 0 Å². The third-order valence-corrected chi connectivity index (χ3v) is 7.34. The Hall–Kier alpha value is -3.29. The Morgan fingerprint density at radius 1 is 1.19 bits per heavy atom. The van der Waals surface area contributed by atoms with Crippen molar-refractivity contribution in [1.29, 1.82) is 0 Å². The summed E-state index contributed by atoms with van der Waals surface area (Å²) >= 11 is 3.13. The number of amides is 1. The molecule has 4 N–H and O–H groups in total. The van der Waals surface area contributed by atoms with Crippen molar-refractivity contribution in [3.05, 3.63) is 40.4 Å². The number of carbonyl (C=O) groups is 2. The SMILES string of the molecule is Nc1nc(O[C@H](c2ccccc2Br)C(F)(F)F)cc(N2CCC3(CC2)CC(C(=O)O)N(C(=O)O)C3)n1. The molecule has 2 atom stereocenters. The zero-order valence-electron chi connectivity index (χ0n) is 18.8. The number of aliphatic carboxylic acids is 1. The van der Waals surface area contributed by atoms with E-state index in [9.17, 15) is 33.0 Å². The second kappa shape index (κ2) is 9.64. The van der Waals surface area contributed by atoms with Crippen LogP contribution in [-0.2, 0) is 4.79 Å². The van der Waals surface area contributed by atoms with Crippen molar-refractivity contribution in [1.82, 2.24) is 14.9 Å². The predicted octanol–water partition coefficient (Wildman–Crippen LogP) is 3.93. The molecule has 194 valence electrons. The number of likely N-dealkylation sites (tertiary alicyclic amines) is 1. The van der Waals surface area contributed by atoms with E-state index in [1.165, 1.54) is 24.3 Å². The van der Waals surface area contributed by atoms with Gasteiger partial charge in [0.15, 0.2) is 0 Å². The van der Waals surface area contributed by atoms with Crippen molar-refractivity contribution in [2.75, 3.05) is 30.3 Å². The van der Waals surface area contributed by atoms with Crippen molar-refractivity contribution in [3.8, 4) is 5.88 Å². The molecule has 2 aromatic rings. The molecule has 0 bridgehead atoms. The van der Waals surface area contributed by atoms with E-state index in [1.54, 1.807) is 11.0 Å². The third-order valence-electron chi connectivity index (χ3n) is 6.62. The van der Waals surface area contributed by atoms with E-state index >= 15 is 0 Å². The van der Waals surface area contributed by atoms with Gasteiger partial charge in [0.1, 0.15) is 11.9 Å². The largest absolute Gasteiger partial charge is 0.480 e. The molecule has 1 amide bonds. The normalized spacial score (nSPS) is 20.4. The van der Waals surface area contributed by atoms with Crippen LogP contribution in [0.5, 0.6) is 5.88 Å². The van der Waals surface area contributed by atoms with Crippen LogP contribution in [0.15, 0.2) is 34.8 Å². The standard InChI is InChI=1S/C22H23BrF3N5O5/c23-13-4-2-1-3-12(13)17(22(24,25)26)36-16-9-15(28-19(27)29-16)30-7-5-21(6-8-30)10-14(18(32)33)31(11-21)20(34)35/h1-4,9,14,17H,5-8,10-11H2,(H,32,33)(H,34,35)(H2,27,28,29)/t14?,17-/m1/s1. The highest BCUT2D eigenvalue weighted by Gasteiger charge is 2.50. The zero-order chi connectivity index (χ0) is 26.3. The van der Waals surface area contributed by atoms with Crippen molar-refractivity contribution >= 4 is 39.8 Å². The molecule has 2 aliphatic heterocycles. The Bertz CT molecular complexity index is 1140. The van der Waals surface area contributed by atoms with Crippen molar-refractivity contribution < 1.29 is 37.7 Å². The molecule has 0 aliphatic carbocycles. The average Bonchev–Trinajstić information content (AvgIpc) is 3.17. The maximum absolute atomic E-state index is 13.9. The Labute approximate surface area is 212 Å². The summed E-state index contributed by atoms with van der Waals surface area (Å²) < 4.78 is 47.1. The smallest absolute Gasteiger partial charge is 0.429 e. The first kappa shape index (κ1) is 25.8. The van der Waals surface area contributed by atoms with Crippen LogP contribution in [0.25, 0.3) is 0 Å². The fourth-order valence-corrected chi connectivity index (χ4v) is 5.31. The number of nitrogens with zero attached hydrogens (tertiary/aromatic N) is 4. The number of carboxylic acid groups (broad SMARTS) is 2. The number of hydrogen-bond acceptors (Lipinski definition) is 7. The summed E-state index contributed by atoms with van der Waals surface area (Å²) in [4.78, 5) is 33.8. The number of nitrogens with two attached hydrogens (primary N) is 1. The molecule has 2 aliphatic rings. The van der Waals surface area contributed by atoms with E-state index in [0.717, 1.165) is 4.90 Å². The third kappa shape index (κ3) is 5.27. The van der Waals surface area contributed by atoms with Gasteiger partial charge in [0, 0.05) is 35.7 Å². The molecule has 3 heterocycles. The van der Waals surface area contributed by atoms with Crippen LogP contribution in [0, 0.1) is 5.41 Å². The first-order valence-corrected chi connectivity index (χ1v) is 11.8. The van der Waals surface area contributed by atoms with Gasteiger partial charge in [-0.25, -0.2) is 9.59 Å². The number of piperidine rings is 1. The zero-order valence-corrected chi connectivity index (χ0v) is 20.4. The molecule has 1 aromatic carbocycles. The molecule has 0 saturated carbocycles. The van der Waals surface area contributed by atoms with Crippen LogP contribution < -0.4 is 15.4 Å². The Morgan fingerprint density at radius 3 is 2.42 bits per heavy atom. The van der Waals surface area contributed by atoms with E-state index in [0.29, 0.717) is 25.9 Å². The van der Waals surface area contributed by atoms with Gasteiger partial charge in [0.2, 0.25) is 17.9 Å². The number of halogens is 4. The number of carboxylic acids is 1. The van der Waals surface area contributed by atoms with E-state index in [2.05, 4.69) is 25.9 Å². The van der Waals surface area contributed by atoms with Crippen LogP contribution in [0.4, 0.5) is 29.7 Å². The first-order valence-electron chi connectivity index (χ1n) is 11.0. The molecule has 4 rings (SSSR count). The number of ether oxygens (including phenoxy) is 1. The summed E-state index contributed by atoms with van der Waals surface area (Å²) in [7, 11) is 0. The number of anilines is 2. The number of hydrogen-bond donors (Lipinski definition) is 3. The Morgan fingerprint density at radius 2 is 1.86 bits per heavy atom. The summed E-state index contributed by atoms with van der Waals surface area (Å²) in [6.45, 7) is 0.859. The van der Waals surface area contributed by atoms with E-state index in [-0.39, 0.29) is 40.6 Å². The second-order valence-electron chi connectivity index (χ2n) is 8.94. The van der Waals surface area contributed by atoms with Crippen LogP contribution in [-0.4, -0.2) is 69.0 Å². The molecule has 1 spiro atoms. The maximum atomic E-state index is 13.9. The Kier molecular flexibility index (Phi) is 6.90. The minimum absolute atomic E-state index is 0.104. The highest BCUT2D eigenvalue weighted by Crippen LogP contribution is 2.45. The van der Waals surface area contributed by atoms with Crippen molar-refractivity contribution in [3.63, 3.8) is 0 Å². The fourth-order valence-electron chi connectivity index (χ4n) is 4.82. The monoisotopic (exact) mass is 573 g/mol. The lowest BCUT2D eigenvalue weighted by Crippen LogP contribution is -2.43. The van der Waals surface area contributed by atoms with Gasteiger partial charge in [-0.1, -0.05) is 34.1 Å². The molecular formula is C22H23BrF3N5O5. The Balaban J connectivity index is 1.52.